The van der Waals surface area contributed by atoms with Gasteiger partial charge in [0.25, 0.3) is 5.56 Å². The van der Waals surface area contributed by atoms with E-state index in [1.54, 1.807) is 24.5 Å². The molecule has 0 saturated heterocycles. The summed E-state index contributed by atoms with van der Waals surface area (Å²) in [4.78, 5) is 32.0. The number of fused-ring (bicyclic) bond motifs is 2. The molecule has 1 atom stereocenters. The van der Waals surface area contributed by atoms with Crippen LogP contribution in [0, 0.1) is 0 Å². The lowest BCUT2D eigenvalue weighted by Gasteiger charge is -2.25. The topological polar surface area (TPSA) is 88.4 Å². The van der Waals surface area contributed by atoms with Gasteiger partial charge in [-0.2, -0.15) is 0 Å². The molecule has 2 aromatic carbocycles. The number of carbonyl (C=O) groups excluding carboxylic acids is 1. The van der Waals surface area contributed by atoms with Crippen LogP contribution in [0.15, 0.2) is 61.9 Å². The summed E-state index contributed by atoms with van der Waals surface area (Å²) in [5, 5.41) is 0. The van der Waals surface area contributed by atoms with Gasteiger partial charge in [0.2, 0.25) is 6.79 Å². The van der Waals surface area contributed by atoms with Gasteiger partial charge in [-0.05, 0) is 69.2 Å². The Bertz CT molecular complexity index is 1590. The zero-order valence-electron chi connectivity index (χ0n) is 20.7. The zero-order valence-corrected chi connectivity index (χ0v) is 23.1. The zero-order chi connectivity index (χ0) is 26.3. The number of esters is 1. The molecule has 10 heteroatoms. The van der Waals surface area contributed by atoms with Crippen molar-refractivity contribution in [3.8, 4) is 17.2 Å². The van der Waals surface area contributed by atoms with Crippen molar-refractivity contribution < 1.29 is 23.7 Å². The molecule has 1 aromatic heterocycles. The lowest BCUT2D eigenvalue weighted by atomic mass is 9.96. The third kappa shape index (κ3) is 4.83. The molecule has 0 aliphatic carbocycles. The number of halogens is 1. The van der Waals surface area contributed by atoms with Crippen LogP contribution in [0.25, 0.3) is 6.08 Å². The van der Waals surface area contributed by atoms with Gasteiger partial charge in [-0.15, -0.1) is 0 Å². The van der Waals surface area contributed by atoms with E-state index in [4.69, 9.17) is 18.9 Å². The Balaban J connectivity index is 1.66. The molecule has 3 aromatic rings. The molecule has 0 spiro atoms. The molecule has 5 rings (SSSR count). The molecule has 192 valence electrons. The fraction of sp³-hybridized carbons (Fsp3) is 0.296. The van der Waals surface area contributed by atoms with Crippen LogP contribution in [-0.2, 0) is 9.53 Å². The van der Waals surface area contributed by atoms with E-state index < -0.39 is 12.0 Å². The van der Waals surface area contributed by atoms with Gasteiger partial charge in [-0.3, -0.25) is 9.36 Å². The second-order valence-corrected chi connectivity index (χ2v) is 10.6. The molecular weight excluding hydrogens is 560 g/mol. The van der Waals surface area contributed by atoms with E-state index in [2.05, 4.69) is 20.9 Å². The molecular formula is C27H25BrN2O6S. The Morgan fingerprint density at radius 2 is 1.95 bits per heavy atom. The van der Waals surface area contributed by atoms with E-state index in [1.165, 1.54) is 11.3 Å². The predicted molar refractivity (Wildman–Crippen MR) is 143 cm³/mol. The van der Waals surface area contributed by atoms with E-state index >= 15 is 0 Å². The molecule has 0 bridgehead atoms. The van der Waals surface area contributed by atoms with Gasteiger partial charge in [0.1, 0.15) is 5.75 Å². The number of allylic oxidation sites excluding steroid dienone is 1. The molecule has 0 N–H and O–H groups in total. The summed E-state index contributed by atoms with van der Waals surface area (Å²) in [5.74, 6) is 1.47. The van der Waals surface area contributed by atoms with Gasteiger partial charge >= 0.3 is 5.97 Å². The lowest BCUT2D eigenvalue weighted by molar-refractivity contribution is -0.139. The number of rotatable bonds is 6. The molecule has 0 radical (unpaired) electrons. The Kier molecular flexibility index (Phi) is 6.96. The molecule has 0 unspecified atom stereocenters. The summed E-state index contributed by atoms with van der Waals surface area (Å²) < 4.78 is 24.9. The second-order valence-electron chi connectivity index (χ2n) is 8.76. The van der Waals surface area contributed by atoms with Crippen molar-refractivity contribution in [1.82, 2.24) is 4.57 Å². The monoisotopic (exact) mass is 584 g/mol. The van der Waals surface area contributed by atoms with Crippen LogP contribution in [-0.4, -0.2) is 30.0 Å². The number of hydrogen-bond donors (Lipinski definition) is 0. The minimum absolute atomic E-state index is 0.0243. The van der Waals surface area contributed by atoms with Crippen molar-refractivity contribution in [2.24, 2.45) is 4.99 Å². The number of ether oxygens (including phenoxy) is 4. The quantitative estimate of drug-likeness (QED) is 0.406. The standard InChI is InChI=1S/C27H25BrN2O6S/c1-5-33-26(32)23-15(4)29-27-30(24(23)16-6-8-18(9-7-16)36-14(2)3)25(31)22(37-27)11-17-10-20-21(12-19(17)28)35-13-34-20/h6-12,14,24H,5,13H2,1-4H3/b22-11-/t24-/m1/s1. The first-order valence-corrected chi connectivity index (χ1v) is 13.4. The predicted octanol–water partition coefficient (Wildman–Crippen LogP) is 4.08. The maximum absolute atomic E-state index is 13.8. The maximum atomic E-state index is 13.8. The first-order valence-electron chi connectivity index (χ1n) is 11.8. The maximum Gasteiger partial charge on any atom is 0.338 e. The lowest BCUT2D eigenvalue weighted by Crippen LogP contribution is -2.39. The van der Waals surface area contributed by atoms with E-state index in [0.717, 1.165) is 15.6 Å². The van der Waals surface area contributed by atoms with Crippen LogP contribution in [0.2, 0.25) is 0 Å². The Labute approximate surface area is 225 Å². The Morgan fingerprint density at radius 1 is 1.24 bits per heavy atom. The van der Waals surface area contributed by atoms with Gasteiger partial charge in [0.05, 0.1) is 34.6 Å². The molecule has 3 heterocycles. The number of nitrogens with zero attached hydrogens (tertiary/aromatic N) is 2. The fourth-order valence-corrected chi connectivity index (χ4v) is 5.77. The van der Waals surface area contributed by atoms with Crippen LogP contribution in [0.5, 0.6) is 17.2 Å². The highest BCUT2D eigenvalue weighted by molar-refractivity contribution is 9.10. The highest BCUT2D eigenvalue weighted by Crippen LogP contribution is 2.37. The van der Waals surface area contributed by atoms with E-state index in [9.17, 15) is 9.59 Å². The first kappa shape index (κ1) is 25.3. The summed E-state index contributed by atoms with van der Waals surface area (Å²) in [6.07, 6.45) is 1.81. The number of benzene rings is 2. The van der Waals surface area contributed by atoms with E-state index in [-0.39, 0.29) is 25.1 Å². The first-order chi connectivity index (χ1) is 17.8. The summed E-state index contributed by atoms with van der Waals surface area (Å²) in [6.45, 7) is 7.79. The third-order valence-electron chi connectivity index (χ3n) is 5.86. The SMILES string of the molecule is CCOC(=O)C1=C(C)N=c2s/c(=C\c3cc4c(cc3Br)OCO4)c(=O)n2[C@@H]1c1ccc(OC(C)C)cc1. The van der Waals surface area contributed by atoms with Gasteiger partial charge in [-0.25, -0.2) is 9.79 Å². The molecule has 8 nitrogen and oxygen atoms in total. The fourth-order valence-electron chi connectivity index (χ4n) is 4.29. The third-order valence-corrected chi connectivity index (χ3v) is 7.53. The van der Waals surface area contributed by atoms with E-state index in [0.29, 0.717) is 37.9 Å². The summed E-state index contributed by atoms with van der Waals surface area (Å²) in [6, 6.07) is 10.4. The Morgan fingerprint density at radius 3 is 2.62 bits per heavy atom. The van der Waals surface area contributed by atoms with Gasteiger partial charge in [0.15, 0.2) is 16.3 Å². The summed E-state index contributed by atoms with van der Waals surface area (Å²) in [5.41, 5.74) is 2.12. The largest absolute Gasteiger partial charge is 0.491 e. The molecule has 2 aliphatic rings. The van der Waals surface area contributed by atoms with Crippen LogP contribution >= 0.6 is 27.3 Å². The van der Waals surface area contributed by atoms with Crippen LogP contribution in [0.4, 0.5) is 0 Å². The van der Waals surface area contributed by atoms with Crippen molar-refractivity contribution in [3.63, 3.8) is 0 Å². The van der Waals surface area contributed by atoms with Crippen molar-refractivity contribution in [2.75, 3.05) is 13.4 Å². The molecule has 0 fully saturated rings. The Hall–Kier alpha value is -3.37. The summed E-state index contributed by atoms with van der Waals surface area (Å²) >= 11 is 4.82. The molecule has 0 amide bonds. The molecule has 2 aliphatic heterocycles. The van der Waals surface area contributed by atoms with Crippen LogP contribution in [0.3, 0.4) is 0 Å². The van der Waals surface area contributed by atoms with Crippen molar-refractivity contribution in [2.45, 2.75) is 39.8 Å². The number of aromatic nitrogens is 1. The normalized spacial score (nSPS) is 16.6. The smallest absolute Gasteiger partial charge is 0.338 e. The van der Waals surface area contributed by atoms with E-state index in [1.807, 2.05) is 50.2 Å². The van der Waals surface area contributed by atoms with Crippen LogP contribution in [0.1, 0.15) is 44.9 Å². The highest BCUT2D eigenvalue weighted by atomic mass is 79.9. The van der Waals surface area contributed by atoms with Crippen molar-refractivity contribution in [1.29, 1.82) is 0 Å². The minimum atomic E-state index is -0.689. The van der Waals surface area contributed by atoms with Crippen molar-refractivity contribution in [3.05, 3.63) is 83.0 Å². The summed E-state index contributed by atoms with van der Waals surface area (Å²) in [7, 11) is 0. The number of hydrogen-bond acceptors (Lipinski definition) is 8. The minimum Gasteiger partial charge on any atom is -0.491 e. The number of thiazole rings is 1. The second kappa shape index (κ2) is 10.2. The average Bonchev–Trinajstić information content (AvgIpc) is 3.42. The van der Waals surface area contributed by atoms with Crippen LogP contribution < -0.4 is 29.1 Å². The molecule has 0 saturated carbocycles. The average molecular weight is 585 g/mol. The van der Waals surface area contributed by atoms with Gasteiger partial charge < -0.3 is 18.9 Å². The molecule has 37 heavy (non-hydrogen) atoms. The highest BCUT2D eigenvalue weighted by Gasteiger charge is 2.33. The van der Waals surface area contributed by atoms with Gasteiger partial charge in [0, 0.05) is 4.47 Å². The number of carbonyl (C=O) groups is 1. The van der Waals surface area contributed by atoms with Crippen molar-refractivity contribution >= 4 is 39.3 Å². The van der Waals surface area contributed by atoms with Gasteiger partial charge in [-0.1, -0.05) is 39.4 Å².